The van der Waals surface area contributed by atoms with E-state index in [1.807, 2.05) is 23.7 Å². The Kier molecular flexibility index (Phi) is 5.54. The van der Waals surface area contributed by atoms with Crippen LogP contribution in [-0.2, 0) is 13.2 Å². The fourth-order valence-corrected chi connectivity index (χ4v) is 4.74. The Morgan fingerprint density at radius 2 is 1.55 bits per heavy atom. The van der Waals surface area contributed by atoms with Crippen molar-refractivity contribution in [3.63, 3.8) is 0 Å². The molecule has 1 aliphatic rings. The Morgan fingerprint density at radius 1 is 0.909 bits per heavy atom. The first-order chi connectivity index (χ1) is 15.8. The predicted octanol–water partition coefficient (Wildman–Crippen LogP) is 5.99. The first-order valence-corrected chi connectivity index (χ1v) is 11.1. The van der Waals surface area contributed by atoms with E-state index >= 15 is 0 Å². The van der Waals surface area contributed by atoms with E-state index in [0.29, 0.717) is 16.2 Å². The van der Waals surface area contributed by atoms with Crippen molar-refractivity contribution in [3.05, 3.63) is 71.4 Å². The van der Waals surface area contributed by atoms with Gasteiger partial charge in [0.05, 0.1) is 16.3 Å². The highest BCUT2D eigenvalue weighted by molar-refractivity contribution is 6.37. The zero-order valence-corrected chi connectivity index (χ0v) is 18.7. The van der Waals surface area contributed by atoms with Crippen LogP contribution in [-0.4, -0.2) is 35.7 Å². The molecule has 1 saturated heterocycles. The highest BCUT2D eigenvalue weighted by Gasteiger charge is 2.30. The third-order valence-electron chi connectivity index (χ3n) is 6.14. The van der Waals surface area contributed by atoms with Gasteiger partial charge in [0.1, 0.15) is 5.65 Å². The Hall–Kier alpha value is -3.03. The number of aryl methyl sites for hydroxylation is 1. The van der Waals surface area contributed by atoms with Crippen LogP contribution in [0.15, 0.2) is 60.8 Å². The molecule has 0 atom stereocenters. The molecular formula is C25H22ClF3N4. The Balaban J connectivity index is 1.66. The number of nitrogens with one attached hydrogen (secondary N) is 1. The standard InChI is InChI=1S/C25H22ClF3N4/c1-32-23(17-4-8-19(9-5-17)33-14-12-30-13-15-33)21(22-20(26)10-11-31-24(22)32)16-2-6-18(7-3-16)25(27,28)29/h2-11,30H,12-15H2,1H3. The van der Waals surface area contributed by atoms with Gasteiger partial charge in [-0.3, -0.25) is 0 Å². The van der Waals surface area contributed by atoms with E-state index < -0.39 is 11.7 Å². The lowest BCUT2D eigenvalue weighted by Crippen LogP contribution is -2.43. The molecule has 8 heteroatoms. The van der Waals surface area contributed by atoms with Gasteiger partial charge in [-0.25, -0.2) is 4.98 Å². The van der Waals surface area contributed by atoms with Gasteiger partial charge in [0.2, 0.25) is 0 Å². The minimum absolute atomic E-state index is 0.509. The Labute approximate surface area is 194 Å². The minimum Gasteiger partial charge on any atom is -0.369 e. The summed E-state index contributed by atoms with van der Waals surface area (Å²) < 4.78 is 41.4. The predicted molar refractivity (Wildman–Crippen MR) is 127 cm³/mol. The van der Waals surface area contributed by atoms with Crippen molar-refractivity contribution in [1.82, 2.24) is 14.9 Å². The first kappa shape index (κ1) is 21.8. The summed E-state index contributed by atoms with van der Waals surface area (Å²) in [6.45, 7) is 3.80. The summed E-state index contributed by atoms with van der Waals surface area (Å²) in [6, 6.07) is 15.2. The number of nitrogens with zero attached hydrogens (tertiary/aromatic N) is 3. The molecule has 170 valence electrons. The van der Waals surface area contributed by atoms with Gasteiger partial charge >= 0.3 is 6.18 Å². The highest BCUT2D eigenvalue weighted by Crippen LogP contribution is 2.43. The number of hydrogen-bond acceptors (Lipinski definition) is 3. The number of fused-ring (bicyclic) bond motifs is 1. The molecule has 0 spiro atoms. The quantitative estimate of drug-likeness (QED) is 0.399. The fraction of sp³-hybridized carbons (Fsp3) is 0.240. The summed E-state index contributed by atoms with van der Waals surface area (Å²) in [5, 5.41) is 4.59. The molecule has 0 bridgehead atoms. The molecule has 0 aliphatic carbocycles. The number of piperazine rings is 1. The van der Waals surface area contributed by atoms with E-state index in [9.17, 15) is 13.2 Å². The van der Waals surface area contributed by atoms with Crippen LogP contribution in [0.4, 0.5) is 18.9 Å². The molecule has 0 radical (unpaired) electrons. The molecule has 4 nitrogen and oxygen atoms in total. The topological polar surface area (TPSA) is 33.1 Å². The van der Waals surface area contributed by atoms with Crippen molar-refractivity contribution in [2.24, 2.45) is 7.05 Å². The van der Waals surface area contributed by atoms with E-state index in [1.165, 1.54) is 12.1 Å². The molecule has 5 rings (SSSR count). The smallest absolute Gasteiger partial charge is 0.369 e. The highest BCUT2D eigenvalue weighted by atomic mass is 35.5. The molecule has 4 aromatic rings. The number of halogens is 4. The second kappa shape index (κ2) is 8.39. The van der Waals surface area contributed by atoms with Crippen molar-refractivity contribution in [2.75, 3.05) is 31.1 Å². The lowest BCUT2D eigenvalue weighted by atomic mass is 9.97. The molecule has 33 heavy (non-hydrogen) atoms. The third-order valence-corrected chi connectivity index (χ3v) is 6.46. The zero-order chi connectivity index (χ0) is 23.2. The van der Waals surface area contributed by atoms with Crippen LogP contribution < -0.4 is 10.2 Å². The molecule has 1 fully saturated rings. The molecule has 0 unspecified atom stereocenters. The van der Waals surface area contributed by atoms with Gasteiger partial charge < -0.3 is 14.8 Å². The largest absolute Gasteiger partial charge is 0.416 e. The summed E-state index contributed by atoms with van der Waals surface area (Å²) in [6.07, 6.45) is -2.75. The maximum atomic E-state index is 13.1. The van der Waals surface area contributed by atoms with Crippen LogP contribution in [0.2, 0.25) is 5.02 Å². The summed E-state index contributed by atoms with van der Waals surface area (Å²) >= 11 is 6.57. The second-order valence-electron chi connectivity index (χ2n) is 8.13. The normalized spacial score (nSPS) is 14.8. The van der Waals surface area contributed by atoms with Crippen molar-refractivity contribution >= 4 is 28.3 Å². The van der Waals surface area contributed by atoms with Gasteiger partial charge in [-0.05, 0) is 41.5 Å². The molecule has 1 aliphatic heterocycles. The SMILES string of the molecule is Cn1c(-c2ccc(N3CCNCC3)cc2)c(-c2ccc(C(F)(F)F)cc2)c2c(Cl)ccnc21. The maximum Gasteiger partial charge on any atom is 0.416 e. The molecule has 0 amide bonds. The first-order valence-electron chi connectivity index (χ1n) is 10.7. The van der Waals surface area contributed by atoms with Crippen molar-refractivity contribution in [1.29, 1.82) is 0 Å². The van der Waals surface area contributed by atoms with E-state index in [1.54, 1.807) is 12.3 Å². The van der Waals surface area contributed by atoms with Crippen LogP contribution in [0.1, 0.15) is 5.56 Å². The summed E-state index contributed by atoms with van der Waals surface area (Å²) in [5.41, 5.74) is 4.37. The monoisotopic (exact) mass is 470 g/mol. The van der Waals surface area contributed by atoms with Gasteiger partial charge in [0.15, 0.2) is 0 Å². The van der Waals surface area contributed by atoms with Crippen LogP contribution in [0.25, 0.3) is 33.4 Å². The van der Waals surface area contributed by atoms with Gasteiger partial charge in [-0.2, -0.15) is 13.2 Å². The number of anilines is 1. The molecule has 2 aromatic carbocycles. The van der Waals surface area contributed by atoms with E-state index in [-0.39, 0.29) is 0 Å². The number of benzene rings is 2. The lowest BCUT2D eigenvalue weighted by molar-refractivity contribution is -0.137. The Morgan fingerprint density at radius 3 is 2.18 bits per heavy atom. The fourth-order valence-electron chi connectivity index (χ4n) is 4.50. The van der Waals surface area contributed by atoms with Crippen LogP contribution in [0.3, 0.4) is 0 Å². The van der Waals surface area contributed by atoms with Crippen molar-refractivity contribution in [2.45, 2.75) is 6.18 Å². The van der Waals surface area contributed by atoms with E-state index in [2.05, 4.69) is 27.3 Å². The molecule has 2 aromatic heterocycles. The third kappa shape index (κ3) is 3.96. The maximum absolute atomic E-state index is 13.1. The average Bonchev–Trinajstić information content (AvgIpc) is 3.13. The summed E-state index contributed by atoms with van der Waals surface area (Å²) in [5.74, 6) is 0. The van der Waals surface area contributed by atoms with Gasteiger partial charge in [0, 0.05) is 56.1 Å². The number of aromatic nitrogens is 2. The molecular weight excluding hydrogens is 449 g/mol. The van der Waals surface area contributed by atoms with E-state index in [4.69, 9.17) is 11.6 Å². The van der Waals surface area contributed by atoms with Crippen LogP contribution in [0, 0.1) is 0 Å². The van der Waals surface area contributed by atoms with Crippen molar-refractivity contribution in [3.8, 4) is 22.4 Å². The number of alkyl halides is 3. The second-order valence-corrected chi connectivity index (χ2v) is 8.54. The Bertz CT molecular complexity index is 1290. The zero-order valence-electron chi connectivity index (χ0n) is 18.0. The molecule has 3 heterocycles. The van der Waals surface area contributed by atoms with Gasteiger partial charge in [0.25, 0.3) is 0 Å². The number of pyridine rings is 1. The van der Waals surface area contributed by atoms with Crippen LogP contribution in [0.5, 0.6) is 0 Å². The molecule has 1 N–H and O–H groups in total. The number of rotatable bonds is 3. The summed E-state index contributed by atoms with van der Waals surface area (Å²) in [7, 11) is 1.90. The minimum atomic E-state index is -4.39. The average molecular weight is 471 g/mol. The van der Waals surface area contributed by atoms with Crippen LogP contribution >= 0.6 is 11.6 Å². The van der Waals surface area contributed by atoms with Crippen molar-refractivity contribution < 1.29 is 13.2 Å². The summed E-state index contributed by atoms with van der Waals surface area (Å²) in [4.78, 5) is 6.84. The van der Waals surface area contributed by atoms with Gasteiger partial charge in [-0.1, -0.05) is 35.9 Å². The van der Waals surface area contributed by atoms with Gasteiger partial charge in [-0.15, -0.1) is 0 Å². The molecule has 0 saturated carbocycles. The number of hydrogen-bond donors (Lipinski definition) is 1. The van der Waals surface area contributed by atoms with E-state index in [0.717, 1.165) is 66.2 Å². The lowest BCUT2D eigenvalue weighted by Gasteiger charge is -2.29.